The predicted octanol–water partition coefficient (Wildman–Crippen LogP) is 2.26. The molecule has 1 rings (SSSR count). The lowest BCUT2D eigenvalue weighted by Gasteiger charge is -2.03. The van der Waals surface area contributed by atoms with Crippen molar-refractivity contribution in [2.45, 2.75) is 11.9 Å². The van der Waals surface area contributed by atoms with Crippen LogP contribution in [0.5, 0.6) is 0 Å². The molecule has 0 atom stereocenters. The fourth-order valence-electron chi connectivity index (χ4n) is 0.691. The zero-order chi connectivity index (χ0) is 9.14. The minimum absolute atomic E-state index is 0.214. The zero-order valence-electron chi connectivity index (χ0n) is 6.54. The quantitative estimate of drug-likeness (QED) is 0.453. The molecule has 0 amide bonds. The van der Waals surface area contributed by atoms with E-state index in [9.17, 15) is 0 Å². The highest BCUT2D eigenvalue weighted by Gasteiger charge is 2.05. The van der Waals surface area contributed by atoms with E-state index < -0.39 is 0 Å². The van der Waals surface area contributed by atoms with Gasteiger partial charge < -0.3 is 5.73 Å². The Morgan fingerprint density at radius 1 is 1.58 bits per heavy atom. The summed E-state index contributed by atoms with van der Waals surface area (Å²) in [6.45, 7) is 5.35. The Hall–Kier alpha value is -0.740. The van der Waals surface area contributed by atoms with Gasteiger partial charge in [0.2, 0.25) is 5.28 Å². The number of anilines is 1. The summed E-state index contributed by atoms with van der Waals surface area (Å²) < 4.78 is 0. The van der Waals surface area contributed by atoms with Crippen LogP contribution in [0, 0.1) is 6.92 Å². The third-order valence-corrected chi connectivity index (χ3v) is 2.14. The van der Waals surface area contributed by atoms with Crippen LogP contribution in [0.2, 0.25) is 5.28 Å². The molecule has 64 valence electrons. The number of rotatable bonds is 2. The number of aromatic nitrogens is 2. The van der Waals surface area contributed by atoms with Crippen LogP contribution in [0.1, 0.15) is 5.69 Å². The molecule has 0 spiro atoms. The molecule has 12 heavy (non-hydrogen) atoms. The van der Waals surface area contributed by atoms with Gasteiger partial charge in [-0.25, -0.2) is 9.97 Å². The molecular formula is C7H8ClN3S. The number of thioether (sulfide) groups is 1. The van der Waals surface area contributed by atoms with E-state index in [-0.39, 0.29) is 5.28 Å². The van der Waals surface area contributed by atoms with Crippen LogP contribution in [0.3, 0.4) is 0 Å². The standard InChI is InChI=1S/C7H8ClN3S/c1-3-12-6-5(9)4(2)10-7(8)11-6/h3H,1,9H2,2H3. The van der Waals surface area contributed by atoms with Gasteiger partial charge in [0.05, 0.1) is 11.4 Å². The molecule has 0 aliphatic rings. The van der Waals surface area contributed by atoms with Gasteiger partial charge in [0, 0.05) is 0 Å². The maximum atomic E-state index is 5.69. The Morgan fingerprint density at radius 3 is 2.83 bits per heavy atom. The first-order chi connectivity index (χ1) is 5.65. The molecular weight excluding hydrogens is 194 g/mol. The van der Waals surface area contributed by atoms with Gasteiger partial charge in [-0.3, -0.25) is 0 Å². The van der Waals surface area contributed by atoms with Crippen molar-refractivity contribution in [2.24, 2.45) is 0 Å². The molecule has 2 N–H and O–H groups in total. The molecule has 0 fully saturated rings. The first kappa shape index (κ1) is 9.35. The highest BCUT2D eigenvalue weighted by Crippen LogP contribution is 2.25. The van der Waals surface area contributed by atoms with Crippen molar-refractivity contribution in [3.63, 3.8) is 0 Å². The molecule has 1 aromatic heterocycles. The first-order valence-electron chi connectivity index (χ1n) is 3.22. The summed E-state index contributed by atoms with van der Waals surface area (Å²) in [7, 11) is 0. The van der Waals surface area contributed by atoms with Crippen molar-refractivity contribution in [3.05, 3.63) is 23.0 Å². The third-order valence-electron chi connectivity index (χ3n) is 1.27. The van der Waals surface area contributed by atoms with E-state index in [1.165, 1.54) is 11.8 Å². The van der Waals surface area contributed by atoms with Gasteiger partial charge in [-0.1, -0.05) is 18.3 Å². The van der Waals surface area contributed by atoms with Crippen molar-refractivity contribution < 1.29 is 0 Å². The Bertz CT molecular complexity index is 314. The van der Waals surface area contributed by atoms with Crippen molar-refractivity contribution in [1.29, 1.82) is 0 Å². The largest absolute Gasteiger partial charge is 0.395 e. The van der Waals surface area contributed by atoms with Crippen LogP contribution in [-0.4, -0.2) is 9.97 Å². The normalized spacial score (nSPS) is 9.83. The molecule has 3 nitrogen and oxygen atoms in total. The average Bonchev–Trinajstić information content (AvgIpc) is 2.00. The van der Waals surface area contributed by atoms with Crippen LogP contribution in [0.15, 0.2) is 17.0 Å². The van der Waals surface area contributed by atoms with Gasteiger partial charge in [0.1, 0.15) is 5.03 Å². The van der Waals surface area contributed by atoms with Crippen molar-refractivity contribution >= 4 is 29.1 Å². The second kappa shape index (κ2) is 3.78. The average molecular weight is 202 g/mol. The number of nitrogens with two attached hydrogens (primary N) is 1. The first-order valence-corrected chi connectivity index (χ1v) is 4.48. The lowest BCUT2D eigenvalue weighted by Crippen LogP contribution is -1.98. The van der Waals surface area contributed by atoms with Crippen molar-refractivity contribution in [2.75, 3.05) is 5.73 Å². The molecule has 0 aromatic carbocycles. The maximum Gasteiger partial charge on any atom is 0.223 e. The lowest BCUT2D eigenvalue weighted by atomic mass is 10.4. The van der Waals surface area contributed by atoms with E-state index in [0.717, 1.165) is 0 Å². The molecule has 0 bridgehead atoms. The van der Waals surface area contributed by atoms with Crippen LogP contribution in [-0.2, 0) is 0 Å². The highest BCUT2D eigenvalue weighted by molar-refractivity contribution is 8.02. The highest BCUT2D eigenvalue weighted by atomic mass is 35.5. The van der Waals surface area contributed by atoms with Crippen LogP contribution in [0.4, 0.5) is 5.69 Å². The van der Waals surface area contributed by atoms with E-state index in [0.29, 0.717) is 16.4 Å². The van der Waals surface area contributed by atoms with E-state index in [1.807, 2.05) is 0 Å². The van der Waals surface area contributed by atoms with Crippen molar-refractivity contribution in [3.8, 4) is 0 Å². The molecule has 0 aliphatic heterocycles. The molecule has 0 unspecified atom stereocenters. The monoisotopic (exact) mass is 201 g/mol. The number of aryl methyl sites for hydroxylation is 1. The number of nitrogens with zero attached hydrogens (tertiary/aromatic N) is 2. The molecule has 5 heteroatoms. The van der Waals surface area contributed by atoms with Gasteiger partial charge in [-0.05, 0) is 23.9 Å². The maximum absolute atomic E-state index is 5.69. The second-order valence-corrected chi connectivity index (χ2v) is 3.38. The summed E-state index contributed by atoms with van der Waals surface area (Å²) in [5, 5.41) is 2.52. The Kier molecular flexibility index (Phi) is 2.94. The third kappa shape index (κ3) is 1.89. The Morgan fingerprint density at radius 2 is 2.25 bits per heavy atom. The van der Waals surface area contributed by atoms with E-state index >= 15 is 0 Å². The minimum Gasteiger partial charge on any atom is -0.395 e. The van der Waals surface area contributed by atoms with Gasteiger partial charge in [0.15, 0.2) is 0 Å². The van der Waals surface area contributed by atoms with Crippen LogP contribution < -0.4 is 5.73 Å². The summed E-state index contributed by atoms with van der Waals surface area (Å²) in [5.41, 5.74) is 6.94. The molecule has 0 radical (unpaired) electrons. The summed E-state index contributed by atoms with van der Waals surface area (Å²) in [5.74, 6) is 0. The Labute approximate surface area is 80.0 Å². The second-order valence-electron chi connectivity index (χ2n) is 2.08. The molecule has 0 saturated heterocycles. The number of hydrogen-bond donors (Lipinski definition) is 1. The SMILES string of the molecule is C=CSc1nc(Cl)nc(C)c1N. The van der Waals surface area contributed by atoms with E-state index in [1.54, 1.807) is 12.3 Å². The van der Waals surface area contributed by atoms with Crippen LogP contribution >= 0.6 is 23.4 Å². The number of halogens is 1. The smallest absolute Gasteiger partial charge is 0.223 e. The number of hydrogen-bond acceptors (Lipinski definition) is 4. The van der Waals surface area contributed by atoms with Gasteiger partial charge in [-0.15, -0.1) is 0 Å². The minimum atomic E-state index is 0.214. The fourth-order valence-corrected chi connectivity index (χ4v) is 1.52. The predicted molar refractivity (Wildman–Crippen MR) is 52.2 cm³/mol. The zero-order valence-corrected chi connectivity index (χ0v) is 8.11. The molecule has 0 saturated carbocycles. The topological polar surface area (TPSA) is 51.8 Å². The molecule has 1 aromatic rings. The summed E-state index contributed by atoms with van der Waals surface area (Å²) >= 11 is 6.97. The van der Waals surface area contributed by atoms with Gasteiger partial charge in [0.25, 0.3) is 0 Å². The summed E-state index contributed by atoms with van der Waals surface area (Å²) in [4.78, 5) is 7.84. The van der Waals surface area contributed by atoms with E-state index in [4.69, 9.17) is 17.3 Å². The van der Waals surface area contributed by atoms with E-state index in [2.05, 4.69) is 16.5 Å². The molecule has 0 aliphatic carbocycles. The summed E-state index contributed by atoms with van der Waals surface area (Å²) in [6.07, 6.45) is 0. The molecule has 1 heterocycles. The fraction of sp³-hybridized carbons (Fsp3) is 0.143. The number of nitrogen functional groups attached to an aromatic ring is 1. The lowest BCUT2D eigenvalue weighted by molar-refractivity contribution is 1.02. The summed E-state index contributed by atoms with van der Waals surface area (Å²) in [6, 6.07) is 0. The Balaban J connectivity index is 3.17. The van der Waals surface area contributed by atoms with Crippen LogP contribution in [0.25, 0.3) is 0 Å². The van der Waals surface area contributed by atoms with Gasteiger partial charge >= 0.3 is 0 Å². The van der Waals surface area contributed by atoms with Gasteiger partial charge in [-0.2, -0.15) is 0 Å². The van der Waals surface area contributed by atoms with Crippen molar-refractivity contribution in [1.82, 2.24) is 9.97 Å².